The van der Waals surface area contributed by atoms with Gasteiger partial charge in [-0.1, -0.05) is 36.4 Å². The molecule has 0 atom stereocenters. The zero-order valence-corrected chi connectivity index (χ0v) is 14.6. The van der Waals surface area contributed by atoms with E-state index >= 15 is 0 Å². The molecule has 0 radical (unpaired) electrons. The zero-order chi connectivity index (χ0) is 17.9. The molecule has 3 aromatic carbocycles. The molecule has 130 valence electrons. The van der Waals surface area contributed by atoms with Crippen LogP contribution in [0.4, 0.5) is 0 Å². The molecule has 0 spiro atoms. The molecule has 2 N–H and O–H groups in total. The number of aromatic amines is 1. The number of H-pyrrole nitrogens is 1. The summed E-state index contributed by atoms with van der Waals surface area (Å²) < 4.78 is 5.60. The van der Waals surface area contributed by atoms with Crippen LogP contribution >= 0.6 is 0 Å². The van der Waals surface area contributed by atoms with Crippen molar-refractivity contribution in [1.29, 1.82) is 0 Å². The summed E-state index contributed by atoms with van der Waals surface area (Å²) in [6.45, 7) is 2.66. The van der Waals surface area contributed by atoms with Crippen LogP contribution in [0.15, 0.2) is 66.7 Å². The van der Waals surface area contributed by atoms with Crippen LogP contribution in [0, 0.1) is 0 Å². The Labute approximate surface area is 152 Å². The molecule has 1 aromatic heterocycles. The van der Waals surface area contributed by atoms with Crippen molar-refractivity contribution in [1.82, 2.24) is 10.2 Å². The average Bonchev–Trinajstić information content (AvgIpc) is 3.12. The van der Waals surface area contributed by atoms with Crippen molar-refractivity contribution in [2.45, 2.75) is 13.5 Å². The predicted molar refractivity (Wildman–Crippen MR) is 104 cm³/mol. The predicted octanol–water partition coefficient (Wildman–Crippen LogP) is 4.79. The Morgan fingerprint density at radius 2 is 1.73 bits per heavy atom. The minimum absolute atomic E-state index is 0.0243. The molecule has 26 heavy (non-hydrogen) atoms. The highest BCUT2D eigenvalue weighted by Crippen LogP contribution is 2.31. The molecule has 4 rings (SSSR count). The third kappa shape index (κ3) is 3.07. The first-order valence-electron chi connectivity index (χ1n) is 8.70. The van der Waals surface area contributed by atoms with E-state index in [9.17, 15) is 5.11 Å². The van der Waals surface area contributed by atoms with E-state index in [0.717, 1.165) is 44.6 Å². The minimum atomic E-state index is 0.0243. The summed E-state index contributed by atoms with van der Waals surface area (Å²) in [5.41, 5.74) is 5.96. The van der Waals surface area contributed by atoms with E-state index in [1.165, 1.54) is 0 Å². The number of aromatic nitrogens is 2. The number of fused-ring (bicyclic) bond motifs is 1. The zero-order valence-electron chi connectivity index (χ0n) is 14.6. The Hall–Kier alpha value is -3.11. The van der Waals surface area contributed by atoms with Gasteiger partial charge < -0.3 is 9.84 Å². The standard InChI is InChI=1S/C22H20N2O2/c1-2-26-19-8-4-6-16(12-19)17-9-10-20-21(13-17)23-24-22(20)18-7-3-5-15(11-18)14-25/h3-13,25H,2,14H2,1H3,(H,23,24). The SMILES string of the molecule is CCOc1cccc(-c2ccc3c(-c4cccc(CO)c4)n[nH]c3c2)c1. The fourth-order valence-corrected chi connectivity index (χ4v) is 3.17. The number of aliphatic hydroxyl groups excluding tert-OH is 1. The second-order valence-electron chi connectivity index (χ2n) is 6.15. The largest absolute Gasteiger partial charge is 0.494 e. The summed E-state index contributed by atoms with van der Waals surface area (Å²) in [6, 6.07) is 22.2. The first kappa shape index (κ1) is 16.4. The topological polar surface area (TPSA) is 58.1 Å². The normalized spacial score (nSPS) is 11.0. The number of rotatable bonds is 5. The van der Waals surface area contributed by atoms with E-state index < -0.39 is 0 Å². The molecule has 4 aromatic rings. The fraction of sp³-hybridized carbons (Fsp3) is 0.136. The summed E-state index contributed by atoms with van der Waals surface area (Å²) in [5, 5.41) is 18.0. The molecule has 1 heterocycles. The summed E-state index contributed by atoms with van der Waals surface area (Å²) in [4.78, 5) is 0. The van der Waals surface area contributed by atoms with Crippen molar-refractivity contribution in [2.75, 3.05) is 6.61 Å². The number of ether oxygens (including phenoxy) is 1. The number of nitrogens with one attached hydrogen (secondary N) is 1. The van der Waals surface area contributed by atoms with Gasteiger partial charge in [0.25, 0.3) is 0 Å². The van der Waals surface area contributed by atoms with Gasteiger partial charge in [0.15, 0.2) is 0 Å². The molecule has 0 unspecified atom stereocenters. The third-order valence-electron chi connectivity index (χ3n) is 4.42. The highest BCUT2D eigenvalue weighted by Gasteiger charge is 2.10. The summed E-state index contributed by atoms with van der Waals surface area (Å²) in [7, 11) is 0. The highest BCUT2D eigenvalue weighted by atomic mass is 16.5. The number of aliphatic hydroxyl groups is 1. The third-order valence-corrected chi connectivity index (χ3v) is 4.42. The molecule has 0 fully saturated rings. The lowest BCUT2D eigenvalue weighted by Crippen LogP contribution is -1.91. The number of hydrogen-bond acceptors (Lipinski definition) is 3. The van der Waals surface area contributed by atoms with Crippen LogP contribution < -0.4 is 4.74 Å². The monoisotopic (exact) mass is 344 g/mol. The molecule has 0 aliphatic rings. The lowest BCUT2D eigenvalue weighted by atomic mass is 10.0. The van der Waals surface area contributed by atoms with E-state index in [1.807, 2.05) is 49.4 Å². The van der Waals surface area contributed by atoms with Gasteiger partial charge in [0.1, 0.15) is 5.75 Å². The number of hydrogen-bond donors (Lipinski definition) is 2. The summed E-state index contributed by atoms with van der Waals surface area (Å²) >= 11 is 0. The van der Waals surface area contributed by atoms with Crippen molar-refractivity contribution in [3.8, 4) is 28.1 Å². The van der Waals surface area contributed by atoms with Gasteiger partial charge in [-0.25, -0.2) is 0 Å². The maximum atomic E-state index is 9.36. The van der Waals surface area contributed by atoms with Gasteiger partial charge in [0.2, 0.25) is 0 Å². The Morgan fingerprint density at radius 1 is 0.923 bits per heavy atom. The lowest BCUT2D eigenvalue weighted by molar-refractivity contribution is 0.282. The Morgan fingerprint density at radius 3 is 2.58 bits per heavy atom. The van der Waals surface area contributed by atoms with Crippen molar-refractivity contribution in [2.24, 2.45) is 0 Å². The second kappa shape index (κ2) is 7.02. The Kier molecular flexibility index (Phi) is 4.42. The first-order chi connectivity index (χ1) is 12.8. The number of nitrogens with zero attached hydrogens (tertiary/aromatic N) is 1. The molecular formula is C22H20N2O2. The smallest absolute Gasteiger partial charge is 0.119 e. The molecule has 4 heteroatoms. The van der Waals surface area contributed by atoms with Crippen molar-refractivity contribution in [3.63, 3.8) is 0 Å². The van der Waals surface area contributed by atoms with Crippen LogP contribution in [0.3, 0.4) is 0 Å². The maximum absolute atomic E-state index is 9.36. The van der Waals surface area contributed by atoms with Crippen LogP contribution in [0.5, 0.6) is 5.75 Å². The van der Waals surface area contributed by atoms with E-state index in [1.54, 1.807) is 0 Å². The van der Waals surface area contributed by atoms with E-state index in [-0.39, 0.29) is 6.61 Å². The van der Waals surface area contributed by atoms with Crippen molar-refractivity contribution < 1.29 is 9.84 Å². The van der Waals surface area contributed by atoms with Gasteiger partial charge >= 0.3 is 0 Å². The highest BCUT2D eigenvalue weighted by molar-refractivity contribution is 5.95. The van der Waals surface area contributed by atoms with Gasteiger partial charge in [0, 0.05) is 10.9 Å². The molecule has 0 aliphatic carbocycles. The van der Waals surface area contributed by atoms with Gasteiger partial charge in [-0.2, -0.15) is 5.10 Å². The fourth-order valence-electron chi connectivity index (χ4n) is 3.17. The van der Waals surface area contributed by atoms with E-state index in [0.29, 0.717) is 6.61 Å². The average molecular weight is 344 g/mol. The van der Waals surface area contributed by atoms with Gasteiger partial charge in [-0.15, -0.1) is 0 Å². The van der Waals surface area contributed by atoms with Crippen molar-refractivity contribution >= 4 is 10.9 Å². The van der Waals surface area contributed by atoms with Crippen LogP contribution in [-0.2, 0) is 6.61 Å². The first-order valence-corrected chi connectivity index (χ1v) is 8.70. The van der Waals surface area contributed by atoms with Gasteiger partial charge in [-0.3, -0.25) is 5.10 Å². The molecule has 0 saturated carbocycles. The van der Waals surface area contributed by atoms with E-state index in [2.05, 4.69) is 34.5 Å². The quantitative estimate of drug-likeness (QED) is 0.547. The van der Waals surface area contributed by atoms with Crippen molar-refractivity contribution in [3.05, 3.63) is 72.3 Å². The van der Waals surface area contributed by atoms with Crippen LogP contribution in [0.2, 0.25) is 0 Å². The maximum Gasteiger partial charge on any atom is 0.119 e. The summed E-state index contributed by atoms with van der Waals surface area (Å²) in [6.07, 6.45) is 0. The molecule has 0 aliphatic heterocycles. The van der Waals surface area contributed by atoms with Crippen LogP contribution in [-0.4, -0.2) is 21.9 Å². The lowest BCUT2D eigenvalue weighted by Gasteiger charge is -2.07. The van der Waals surface area contributed by atoms with Gasteiger partial charge in [0.05, 0.1) is 24.4 Å². The second-order valence-corrected chi connectivity index (χ2v) is 6.15. The molecular weight excluding hydrogens is 324 g/mol. The Bertz CT molecular complexity index is 1050. The summed E-state index contributed by atoms with van der Waals surface area (Å²) in [5.74, 6) is 0.871. The minimum Gasteiger partial charge on any atom is -0.494 e. The van der Waals surface area contributed by atoms with Crippen LogP contribution in [0.1, 0.15) is 12.5 Å². The molecule has 0 bridgehead atoms. The number of benzene rings is 3. The Balaban J connectivity index is 1.74. The molecule has 4 nitrogen and oxygen atoms in total. The molecule has 0 amide bonds. The van der Waals surface area contributed by atoms with Crippen LogP contribution in [0.25, 0.3) is 33.3 Å². The molecule has 0 saturated heterocycles. The van der Waals surface area contributed by atoms with E-state index in [4.69, 9.17) is 4.74 Å². The van der Waals surface area contributed by atoms with Gasteiger partial charge in [-0.05, 0) is 53.9 Å².